The molecule has 3 rings (SSSR count). The number of hydrogen-bond donors (Lipinski definition) is 2. The Morgan fingerprint density at radius 1 is 1.33 bits per heavy atom. The van der Waals surface area contributed by atoms with Crippen molar-refractivity contribution in [1.82, 2.24) is 20.0 Å². The largest absolute Gasteiger partial charge is 0.382 e. The Kier molecular flexibility index (Phi) is 2.33. The first kappa shape index (κ1) is 10.8. The summed E-state index contributed by atoms with van der Waals surface area (Å²) in [6.45, 7) is 2.07. The lowest BCUT2D eigenvalue weighted by molar-refractivity contribution is 0.798. The van der Waals surface area contributed by atoms with Gasteiger partial charge >= 0.3 is 0 Å². The molecule has 0 saturated carbocycles. The van der Waals surface area contributed by atoms with Gasteiger partial charge in [0.05, 0.1) is 11.2 Å². The van der Waals surface area contributed by atoms with Crippen LogP contribution in [0.2, 0.25) is 0 Å². The molecule has 3 aromatic rings. The molecule has 92 valence electrons. The number of nitrogens with two attached hydrogens (primary N) is 1. The van der Waals surface area contributed by atoms with Crippen LogP contribution >= 0.6 is 0 Å². The number of para-hydroxylation sites is 1. The lowest BCUT2D eigenvalue weighted by atomic mass is 10.1. The summed E-state index contributed by atoms with van der Waals surface area (Å²) in [6.07, 6.45) is 0.836. The molecule has 0 amide bonds. The van der Waals surface area contributed by atoms with Crippen LogP contribution in [-0.4, -0.2) is 20.0 Å². The molecule has 0 aliphatic rings. The molecule has 5 heteroatoms. The van der Waals surface area contributed by atoms with Gasteiger partial charge in [-0.05, 0) is 12.5 Å². The highest BCUT2D eigenvalue weighted by Gasteiger charge is 2.17. The lowest BCUT2D eigenvalue weighted by Gasteiger charge is -1.98. The van der Waals surface area contributed by atoms with E-state index in [1.807, 2.05) is 23.9 Å². The Morgan fingerprint density at radius 2 is 2.11 bits per heavy atom. The Balaban J connectivity index is 2.32. The molecular weight excluding hydrogens is 226 g/mol. The Morgan fingerprint density at radius 3 is 2.89 bits per heavy atom. The van der Waals surface area contributed by atoms with E-state index in [9.17, 15) is 0 Å². The predicted octanol–water partition coefficient (Wildman–Crippen LogP) is 2.11. The highest BCUT2D eigenvalue weighted by atomic mass is 15.3. The average Bonchev–Trinajstić information content (AvgIpc) is 2.91. The van der Waals surface area contributed by atoms with Crippen LogP contribution in [0.25, 0.3) is 22.3 Å². The molecule has 0 unspecified atom stereocenters. The summed E-state index contributed by atoms with van der Waals surface area (Å²) >= 11 is 0. The van der Waals surface area contributed by atoms with E-state index < -0.39 is 0 Å². The van der Waals surface area contributed by atoms with Gasteiger partial charge in [-0.1, -0.05) is 25.1 Å². The molecule has 2 heterocycles. The highest BCUT2D eigenvalue weighted by molar-refractivity contribution is 5.93. The summed E-state index contributed by atoms with van der Waals surface area (Å²) < 4.78 is 1.88. The summed E-state index contributed by atoms with van der Waals surface area (Å²) in [6, 6.07) is 8.14. The topological polar surface area (TPSA) is 72.5 Å². The second-order valence-corrected chi connectivity index (χ2v) is 4.31. The van der Waals surface area contributed by atoms with Crippen molar-refractivity contribution in [3.8, 4) is 11.4 Å². The van der Waals surface area contributed by atoms with Crippen molar-refractivity contribution in [1.29, 1.82) is 0 Å². The summed E-state index contributed by atoms with van der Waals surface area (Å²) in [4.78, 5) is 0. The molecule has 0 aliphatic carbocycles. The molecule has 1 aromatic carbocycles. The van der Waals surface area contributed by atoms with Crippen molar-refractivity contribution in [3.05, 3.63) is 29.8 Å². The molecule has 5 nitrogen and oxygen atoms in total. The SMILES string of the molecule is CCc1c(N)n[nH]c1-c1nn(C)c2ccccc12. The van der Waals surface area contributed by atoms with E-state index in [4.69, 9.17) is 5.73 Å². The van der Waals surface area contributed by atoms with Crippen molar-refractivity contribution in [3.63, 3.8) is 0 Å². The zero-order valence-corrected chi connectivity index (χ0v) is 10.4. The minimum absolute atomic E-state index is 0.558. The van der Waals surface area contributed by atoms with Gasteiger partial charge in [-0.2, -0.15) is 10.2 Å². The van der Waals surface area contributed by atoms with E-state index in [0.29, 0.717) is 5.82 Å². The molecule has 0 bridgehead atoms. The zero-order valence-electron chi connectivity index (χ0n) is 10.4. The maximum absolute atomic E-state index is 5.86. The number of hydrogen-bond acceptors (Lipinski definition) is 3. The number of H-pyrrole nitrogens is 1. The number of nitrogens with one attached hydrogen (secondary N) is 1. The third kappa shape index (κ3) is 1.40. The van der Waals surface area contributed by atoms with Gasteiger partial charge < -0.3 is 5.73 Å². The Hall–Kier alpha value is -2.30. The second-order valence-electron chi connectivity index (χ2n) is 4.31. The summed E-state index contributed by atoms with van der Waals surface area (Å²) in [5.41, 5.74) is 9.82. The molecule has 0 saturated heterocycles. The predicted molar refractivity (Wildman–Crippen MR) is 72.1 cm³/mol. The van der Waals surface area contributed by atoms with Crippen molar-refractivity contribution in [2.75, 3.05) is 5.73 Å². The fraction of sp³-hybridized carbons (Fsp3) is 0.231. The third-order valence-corrected chi connectivity index (χ3v) is 3.25. The number of benzene rings is 1. The average molecular weight is 241 g/mol. The van der Waals surface area contributed by atoms with E-state index in [1.54, 1.807) is 0 Å². The maximum Gasteiger partial charge on any atom is 0.149 e. The number of nitrogen functional groups attached to an aromatic ring is 1. The first-order valence-corrected chi connectivity index (χ1v) is 5.97. The van der Waals surface area contributed by atoms with E-state index in [2.05, 4.69) is 34.4 Å². The van der Waals surface area contributed by atoms with Crippen LogP contribution in [0.1, 0.15) is 12.5 Å². The zero-order chi connectivity index (χ0) is 12.7. The maximum atomic E-state index is 5.86. The third-order valence-electron chi connectivity index (χ3n) is 3.25. The van der Waals surface area contributed by atoms with Crippen LogP contribution in [0.15, 0.2) is 24.3 Å². The number of aromatic nitrogens is 4. The van der Waals surface area contributed by atoms with E-state index in [-0.39, 0.29) is 0 Å². The first-order valence-electron chi connectivity index (χ1n) is 5.97. The molecule has 0 aliphatic heterocycles. The van der Waals surface area contributed by atoms with Gasteiger partial charge in [0.25, 0.3) is 0 Å². The van der Waals surface area contributed by atoms with Crippen molar-refractivity contribution < 1.29 is 0 Å². The van der Waals surface area contributed by atoms with Crippen molar-refractivity contribution >= 4 is 16.7 Å². The fourth-order valence-corrected chi connectivity index (χ4v) is 2.33. The van der Waals surface area contributed by atoms with Crippen LogP contribution in [0.5, 0.6) is 0 Å². The normalized spacial score (nSPS) is 11.2. The van der Waals surface area contributed by atoms with Crippen LogP contribution in [-0.2, 0) is 13.5 Å². The highest BCUT2D eigenvalue weighted by Crippen LogP contribution is 2.30. The number of aryl methyl sites for hydroxylation is 1. The number of anilines is 1. The van der Waals surface area contributed by atoms with Crippen molar-refractivity contribution in [2.45, 2.75) is 13.3 Å². The van der Waals surface area contributed by atoms with Crippen LogP contribution in [0.4, 0.5) is 5.82 Å². The molecule has 0 fully saturated rings. The van der Waals surface area contributed by atoms with Crippen molar-refractivity contribution in [2.24, 2.45) is 7.05 Å². The van der Waals surface area contributed by atoms with Gasteiger partial charge in [0.2, 0.25) is 0 Å². The van der Waals surface area contributed by atoms with Crippen LogP contribution in [0, 0.1) is 0 Å². The lowest BCUT2D eigenvalue weighted by Crippen LogP contribution is -1.93. The van der Waals surface area contributed by atoms with Crippen LogP contribution in [0.3, 0.4) is 0 Å². The monoisotopic (exact) mass is 241 g/mol. The molecule has 3 N–H and O–H groups in total. The van der Waals surface area contributed by atoms with Crippen LogP contribution < -0.4 is 5.73 Å². The molecular formula is C13H15N5. The number of nitrogens with zero attached hydrogens (tertiary/aromatic N) is 3. The number of rotatable bonds is 2. The first-order chi connectivity index (χ1) is 8.72. The van der Waals surface area contributed by atoms with E-state index in [1.165, 1.54) is 0 Å². The molecule has 0 spiro atoms. The fourth-order valence-electron chi connectivity index (χ4n) is 2.33. The summed E-state index contributed by atoms with van der Waals surface area (Å²) in [5.74, 6) is 0.558. The summed E-state index contributed by atoms with van der Waals surface area (Å²) in [5, 5.41) is 12.8. The van der Waals surface area contributed by atoms with Gasteiger partial charge in [0.15, 0.2) is 0 Å². The standard InChI is InChI=1S/C13H15N5/c1-3-8-11(15-16-13(8)14)12-9-6-4-5-7-10(9)18(2)17-12/h4-7H,3H2,1-2H3,(H3,14,15,16). The molecule has 18 heavy (non-hydrogen) atoms. The second kappa shape index (κ2) is 3.87. The van der Waals surface area contributed by atoms with Gasteiger partial charge in [0.1, 0.15) is 11.5 Å². The van der Waals surface area contributed by atoms with E-state index >= 15 is 0 Å². The Bertz CT molecular complexity index is 707. The molecule has 0 atom stereocenters. The smallest absolute Gasteiger partial charge is 0.149 e. The van der Waals surface area contributed by atoms with Gasteiger partial charge in [-0.25, -0.2) is 0 Å². The minimum Gasteiger partial charge on any atom is -0.382 e. The Labute approximate surface area is 105 Å². The van der Waals surface area contributed by atoms with E-state index in [0.717, 1.165) is 34.3 Å². The molecule has 2 aromatic heterocycles. The summed E-state index contributed by atoms with van der Waals surface area (Å²) in [7, 11) is 1.94. The van der Waals surface area contributed by atoms with Gasteiger partial charge in [-0.15, -0.1) is 0 Å². The number of aromatic amines is 1. The quantitative estimate of drug-likeness (QED) is 0.721. The molecule has 0 radical (unpaired) electrons. The number of fused-ring (bicyclic) bond motifs is 1. The minimum atomic E-state index is 0.558. The van der Waals surface area contributed by atoms with Gasteiger partial charge in [0, 0.05) is 18.0 Å². The van der Waals surface area contributed by atoms with Gasteiger partial charge in [-0.3, -0.25) is 9.78 Å².